The number of rotatable bonds is 2. The van der Waals surface area contributed by atoms with E-state index in [-0.39, 0.29) is 34.7 Å². The summed E-state index contributed by atoms with van der Waals surface area (Å²) >= 11 is 0. The maximum absolute atomic E-state index is 12.8. The minimum atomic E-state index is -2.31. The van der Waals surface area contributed by atoms with Gasteiger partial charge in [0.2, 0.25) is 0 Å². The Hall–Kier alpha value is -1.71. The van der Waals surface area contributed by atoms with E-state index in [4.69, 9.17) is 8.85 Å². The normalized spacial score (nSPS) is 46.6. The smallest absolute Gasteiger partial charge is 0.303 e. The molecule has 0 aromatic heterocycles. The molecule has 0 amide bonds. The topological polar surface area (TPSA) is 60.4 Å². The Morgan fingerprint density at radius 3 is 2.50 bits per heavy atom. The highest BCUT2D eigenvalue weighted by Gasteiger charge is 2.67. The third-order valence-corrected chi connectivity index (χ3v) is 8.62. The zero-order valence-corrected chi connectivity index (χ0v) is 17.3. The maximum atomic E-state index is 12.8. The van der Waals surface area contributed by atoms with Gasteiger partial charge in [0.15, 0.2) is 17.2 Å². The standard InChI is InChI=1S/C24H32O4/c1-14-12-18-19(22(4)9-6-17(27)13-21(14)22)7-10-23(5)20(18)8-11-24(23,15(2)25)28-16(3)26/h12-13,18-20H,6-11H2,1-5H3/t18-,19-,20-,22-,23+,24+/m1/s1/i1D3. The van der Waals surface area contributed by atoms with E-state index in [1.54, 1.807) is 6.08 Å². The fraction of sp³-hybridized carbons (Fsp3) is 0.708. The third-order valence-electron chi connectivity index (χ3n) is 8.62. The van der Waals surface area contributed by atoms with E-state index in [9.17, 15) is 14.4 Å². The van der Waals surface area contributed by atoms with Gasteiger partial charge in [-0.1, -0.05) is 25.5 Å². The van der Waals surface area contributed by atoms with E-state index in [0.717, 1.165) is 12.8 Å². The molecular weight excluding hydrogens is 352 g/mol. The molecule has 4 nitrogen and oxygen atoms in total. The minimum Gasteiger partial charge on any atom is -0.451 e. The summed E-state index contributed by atoms with van der Waals surface area (Å²) in [6, 6.07) is 0. The summed E-state index contributed by atoms with van der Waals surface area (Å²) in [4.78, 5) is 37.0. The van der Waals surface area contributed by atoms with Gasteiger partial charge in [-0.3, -0.25) is 14.4 Å². The van der Waals surface area contributed by atoms with E-state index in [1.165, 1.54) is 13.8 Å². The first-order valence-corrected chi connectivity index (χ1v) is 10.4. The van der Waals surface area contributed by atoms with E-state index in [2.05, 4.69) is 6.92 Å². The summed E-state index contributed by atoms with van der Waals surface area (Å²) in [5.41, 5.74) is -1.08. The van der Waals surface area contributed by atoms with Gasteiger partial charge in [0.25, 0.3) is 0 Å². The lowest BCUT2D eigenvalue weighted by Crippen LogP contribution is -2.58. The van der Waals surface area contributed by atoms with Gasteiger partial charge in [0.1, 0.15) is 0 Å². The maximum Gasteiger partial charge on any atom is 0.303 e. The Kier molecular flexibility index (Phi) is 3.54. The van der Waals surface area contributed by atoms with E-state index < -0.39 is 23.8 Å². The van der Waals surface area contributed by atoms with Crippen LogP contribution in [0.3, 0.4) is 0 Å². The molecule has 4 aliphatic rings. The van der Waals surface area contributed by atoms with Crippen molar-refractivity contribution in [2.24, 2.45) is 28.6 Å². The SMILES string of the molecule is [2H]C([2H])([2H])C1=C[C@@H]2[C@@H](CC[C@@]3(C)[C@@H]2CC[C@]3(OC(C)=O)C(C)=O)[C@@]2(C)CCC(=O)C=C12. The van der Waals surface area contributed by atoms with Crippen LogP contribution in [0.2, 0.25) is 0 Å². The Labute approximate surface area is 172 Å². The van der Waals surface area contributed by atoms with Crippen molar-refractivity contribution in [2.45, 2.75) is 78.7 Å². The number of hydrogen-bond donors (Lipinski definition) is 0. The first kappa shape index (κ1) is 16.1. The number of carbonyl (C=O) groups is 3. The molecule has 6 atom stereocenters. The van der Waals surface area contributed by atoms with E-state index in [0.29, 0.717) is 36.8 Å². The van der Waals surface area contributed by atoms with Crippen molar-refractivity contribution in [3.8, 4) is 0 Å². The van der Waals surface area contributed by atoms with Crippen molar-refractivity contribution in [1.29, 1.82) is 0 Å². The quantitative estimate of drug-likeness (QED) is 0.651. The number of fused-ring (bicyclic) bond motifs is 5. The Balaban J connectivity index is 1.86. The van der Waals surface area contributed by atoms with Crippen LogP contribution in [0, 0.1) is 28.6 Å². The lowest BCUT2D eigenvalue weighted by molar-refractivity contribution is -0.185. The highest BCUT2D eigenvalue weighted by molar-refractivity contribution is 5.92. The second kappa shape index (κ2) is 6.14. The lowest BCUT2D eigenvalue weighted by Gasteiger charge is -2.58. The Bertz CT molecular complexity index is 916. The molecule has 0 bridgehead atoms. The molecule has 2 fully saturated rings. The van der Waals surface area contributed by atoms with Gasteiger partial charge < -0.3 is 4.74 Å². The molecule has 0 saturated heterocycles. The Morgan fingerprint density at radius 2 is 1.86 bits per heavy atom. The minimum absolute atomic E-state index is 0.00644. The van der Waals surface area contributed by atoms with Crippen LogP contribution in [-0.4, -0.2) is 23.1 Å². The molecule has 4 rings (SSSR count). The second-order valence-electron chi connectivity index (χ2n) is 9.78. The molecule has 0 aromatic carbocycles. The predicted molar refractivity (Wildman–Crippen MR) is 106 cm³/mol. The van der Waals surface area contributed by atoms with E-state index in [1.807, 2.05) is 13.0 Å². The van der Waals surface area contributed by atoms with Crippen molar-refractivity contribution in [3.05, 3.63) is 23.3 Å². The van der Waals surface area contributed by atoms with Crippen molar-refractivity contribution in [2.75, 3.05) is 0 Å². The molecule has 0 heterocycles. The Morgan fingerprint density at radius 1 is 1.14 bits per heavy atom. The molecule has 0 aromatic rings. The van der Waals surface area contributed by atoms with Gasteiger partial charge in [-0.05, 0) is 80.7 Å². The first-order chi connectivity index (χ1) is 14.3. The van der Waals surface area contributed by atoms with Crippen LogP contribution in [0.4, 0.5) is 0 Å². The van der Waals surface area contributed by atoms with Crippen LogP contribution in [0.1, 0.15) is 77.2 Å². The molecular formula is C24H32O4. The molecule has 0 unspecified atom stereocenters. The van der Waals surface area contributed by atoms with Crippen LogP contribution in [-0.2, 0) is 19.1 Å². The molecule has 0 aliphatic heterocycles. The first-order valence-electron chi connectivity index (χ1n) is 11.9. The number of ether oxygens (including phenoxy) is 1. The van der Waals surface area contributed by atoms with Crippen LogP contribution in [0.5, 0.6) is 0 Å². The average Bonchev–Trinajstić information content (AvgIpc) is 2.94. The zero-order chi connectivity index (χ0) is 23.0. The fourth-order valence-corrected chi connectivity index (χ4v) is 7.20. The molecule has 4 heteroatoms. The second-order valence-corrected chi connectivity index (χ2v) is 9.78. The molecule has 152 valence electrons. The monoisotopic (exact) mass is 387 g/mol. The number of esters is 1. The van der Waals surface area contributed by atoms with Gasteiger partial charge in [-0.25, -0.2) is 0 Å². The van der Waals surface area contributed by atoms with Gasteiger partial charge in [0.05, 0.1) is 0 Å². The predicted octanol–water partition coefficient (Wildman–Crippen LogP) is 4.58. The highest BCUT2D eigenvalue weighted by Crippen LogP contribution is 2.67. The number of hydrogen-bond acceptors (Lipinski definition) is 4. The summed E-state index contributed by atoms with van der Waals surface area (Å²) in [5.74, 6) is -0.366. The fourth-order valence-electron chi connectivity index (χ4n) is 7.20. The van der Waals surface area contributed by atoms with Crippen molar-refractivity contribution < 1.29 is 23.2 Å². The lowest BCUT2D eigenvalue weighted by atomic mass is 9.47. The van der Waals surface area contributed by atoms with Crippen LogP contribution in [0.15, 0.2) is 23.3 Å². The van der Waals surface area contributed by atoms with Crippen LogP contribution >= 0.6 is 0 Å². The summed E-state index contributed by atoms with van der Waals surface area (Å²) in [6.07, 6.45) is 7.27. The highest BCUT2D eigenvalue weighted by atomic mass is 16.6. The van der Waals surface area contributed by atoms with Gasteiger partial charge in [-0.15, -0.1) is 0 Å². The number of Topliss-reactive ketones (excluding diaryl/α,β-unsaturated/α-hetero) is 1. The van der Waals surface area contributed by atoms with Gasteiger partial charge >= 0.3 is 5.97 Å². The largest absolute Gasteiger partial charge is 0.451 e. The summed E-state index contributed by atoms with van der Waals surface area (Å²) < 4.78 is 30.3. The summed E-state index contributed by atoms with van der Waals surface area (Å²) in [6.45, 7) is 4.70. The van der Waals surface area contributed by atoms with Gasteiger partial charge in [-0.2, -0.15) is 0 Å². The molecule has 0 spiro atoms. The number of carbonyl (C=O) groups excluding carboxylic acids is 3. The van der Waals surface area contributed by atoms with Gasteiger partial charge in [0, 0.05) is 22.9 Å². The number of allylic oxidation sites excluding steroid dienone is 4. The van der Waals surface area contributed by atoms with E-state index >= 15 is 0 Å². The molecule has 0 radical (unpaired) electrons. The molecule has 2 saturated carbocycles. The van der Waals surface area contributed by atoms with Crippen molar-refractivity contribution >= 4 is 17.5 Å². The van der Waals surface area contributed by atoms with Crippen molar-refractivity contribution in [1.82, 2.24) is 0 Å². The zero-order valence-electron chi connectivity index (χ0n) is 20.3. The molecule has 0 N–H and O–H groups in total. The molecule has 28 heavy (non-hydrogen) atoms. The van der Waals surface area contributed by atoms with Crippen LogP contribution in [0.25, 0.3) is 0 Å². The third kappa shape index (κ3) is 2.39. The van der Waals surface area contributed by atoms with Crippen LogP contribution < -0.4 is 0 Å². The summed E-state index contributed by atoms with van der Waals surface area (Å²) in [7, 11) is 0. The number of ketones is 2. The van der Waals surface area contributed by atoms with Crippen molar-refractivity contribution in [3.63, 3.8) is 0 Å². The molecule has 4 aliphatic carbocycles. The summed E-state index contributed by atoms with van der Waals surface area (Å²) in [5, 5.41) is 0. The average molecular weight is 388 g/mol.